The van der Waals surface area contributed by atoms with Gasteiger partial charge in [-0.3, -0.25) is 0 Å². The number of rotatable bonds is 6. The van der Waals surface area contributed by atoms with Gasteiger partial charge >= 0.3 is 0 Å². The quantitative estimate of drug-likeness (QED) is 0.821. The van der Waals surface area contributed by atoms with Crippen LogP contribution in [0.2, 0.25) is 4.47 Å². The largest absolute Gasteiger partial charge is 0.324 e. The second kappa shape index (κ2) is 6.46. The molecule has 9 heteroatoms. The van der Waals surface area contributed by atoms with E-state index in [4.69, 9.17) is 17.3 Å². The van der Waals surface area contributed by atoms with Gasteiger partial charge in [-0.05, 0) is 18.0 Å². The summed E-state index contributed by atoms with van der Waals surface area (Å²) in [5.74, 6) is 1.51. The molecule has 2 N–H and O–H groups in total. The SMILES string of the molecule is CCCn1c(CN)nnc1SCc1nnc(Cl)s1. The molecule has 0 unspecified atom stereocenters. The molecule has 2 aromatic heterocycles. The van der Waals surface area contributed by atoms with E-state index in [0.717, 1.165) is 29.0 Å². The Morgan fingerprint density at radius 1 is 1.33 bits per heavy atom. The van der Waals surface area contributed by atoms with Crippen LogP contribution in [0.3, 0.4) is 0 Å². The van der Waals surface area contributed by atoms with Gasteiger partial charge in [-0.15, -0.1) is 20.4 Å². The van der Waals surface area contributed by atoms with Crippen molar-refractivity contribution in [3.8, 4) is 0 Å². The van der Waals surface area contributed by atoms with Crippen LogP contribution in [-0.2, 0) is 18.8 Å². The van der Waals surface area contributed by atoms with Crippen LogP contribution in [-0.4, -0.2) is 25.0 Å². The number of halogens is 1. The maximum atomic E-state index is 5.74. The fourth-order valence-corrected chi connectivity index (χ4v) is 3.28. The van der Waals surface area contributed by atoms with Crippen LogP contribution in [0.4, 0.5) is 0 Å². The van der Waals surface area contributed by atoms with Crippen molar-refractivity contribution in [3.05, 3.63) is 15.3 Å². The van der Waals surface area contributed by atoms with Gasteiger partial charge in [0.2, 0.25) is 4.47 Å². The summed E-state index contributed by atoms with van der Waals surface area (Å²) in [6, 6.07) is 0. The highest BCUT2D eigenvalue weighted by molar-refractivity contribution is 7.98. The lowest BCUT2D eigenvalue weighted by Gasteiger charge is -2.06. The molecule has 2 heterocycles. The lowest BCUT2D eigenvalue weighted by atomic mass is 10.4. The number of hydrogen-bond donors (Lipinski definition) is 1. The highest BCUT2D eigenvalue weighted by Crippen LogP contribution is 2.25. The highest BCUT2D eigenvalue weighted by atomic mass is 35.5. The molecule has 0 amide bonds. The molecule has 18 heavy (non-hydrogen) atoms. The van der Waals surface area contributed by atoms with Gasteiger partial charge in [-0.2, -0.15) is 0 Å². The summed E-state index contributed by atoms with van der Waals surface area (Å²) in [4.78, 5) is 0. The molecule has 0 fully saturated rings. The van der Waals surface area contributed by atoms with Crippen LogP contribution in [0.5, 0.6) is 0 Å². The predicted molar refractivity (Wildman–Crippen MR) is 72.7 cm³/mol. The monoisotopic (exact) mass is 304 g/mol. The minimum Gasteiger partial charge on any atom is -0.324 e. The Labute approximate surface area is 118 Å². The van der Waals surface area contributed by atoms with Gasteiger partial charge in [0.05, 0.1) is 12.3 Å². The van der Waals surface area contributed by atoms with Crippen molar-refractivity contribution in [2.75, 3.05) is 0 Å². The Hall–Kier alpha value is -0.700. The average molecular weight is 305 g/mol. The molecule has 2 rings (SSSR count). The summed E-state index contributed by atoms with van der Waals surface area (Å²) in [6.07, 6.45) is 1.02. The Kier molecular flexibility index (Phi) is 4.93. The molecule has 0 spiro atoms. The summed E-state index contributed by atoms with van der Waals surface area (Å²) in [6.45, 7) is 3.39. The molecule has 0 aliphatic heterocycles. The first-order valence-corrected chi connectivity index (χ1v) is 7.65. The summed E-state index contributed by atoms with van der Waals surface area (Å²) in [7, 11) is 0. The highest BCUT2D eigenvalue weighted by Gasteiger charge is 2.12. The third-order valence-electron chi connectivity index (χ3n) is 2.19. The Morgan fingerprint density at radius 3 is 2.78 bits per heavy atom. The molecule has 0 radical (unpaired) electrons. The zero-order valence-electron chi connectivity index (χ0n) is 9.84. The molecule has 0 saturated heterocycles. The van der Waals surface area contributed by atoms with Crippen molar-refractivity contribution < 1.29 is 0 Å². The first kappa shape index (κ1) is 13.7. The summed E-state index contributed by atoms with van der Waals surface area (Å²) < 4.78 is 2.51. The van der Waals surface area contributed by atoms with E-state index in [2.05, 4.69) is 27.3 Å². The molecule has 0 bridgehead atoms. The van der Waals surface area contributed by atoms with E-state index in [1.54, 1.807) is 11.8 Å². The van der Waals surface area contributed by atoms with Crippen molar-refractivity contribution in [1.29, 1.82) is 0 Å². The lowest BCUT2D eigenvalue weighted by molar-refractivity contribution is 0.592. The number of aromatic nitrogens is 5. The number of hydrogen-bond acceptors (Lipinski definition) is 7. The molecule has 98 valence electrons. The average Bonchev–Trinajstić information content (AvgIpc) is 2.94. The van der Waals surface area contributed by atoms with Gasteiger partial charge in [0.15, 0.2) is 5.16 Å². The molecule has 0 aromatic carbocycles. The van der Waals surface area contributed by atoms with Gasteiger partial charge < -0.3 is 10.3 Å². The second-order valence-electron chi connectivity index (χ2n) is 3.49. The number of nitrogens with two attached hydrogens (primary N) is 1. The van der Waals surface area contributed by atoms with Gasteiger partial charge in [0.25, 0.3) is 0 Å². The second-order valence-corrected chi connectivity index (χ2v) is 6.08. The summed E-state index contributed by atoms with van der Waals surface area (Å²) in [5, 5.41) is 17.7. The maximum absolute atomic E-state index is 5.74. The number of thioether (sulfide) groups is 1. The van der Waals surface area contributed by atoms with Crippen LogP contribution in [0.15, 0.2) is 5.16 Å². The zero-order chi connectivity index (χ0) is 13.0. The minimum atomic E-state index is 0.401. The molecule has 0 aliphatic carbocycles. The van der Waals surface area contributed by atoms with Gasteiger partial charge in [0, 0.05) is 6.54 Å². The molecule has 0 saturated carbocycles. The van der Waals surface area contributed by atoms with Crippen LogP contribution >= 0.6 is 34.7 Å². The van der Waals surface area contributed by atoms with E-state index < -0.39 is 0 Å². The first-order chi connectivity index (χ1) is 8.74. The van der Waals surface area contributed by atoms with Gasteiger partial charge in [0.1, 0.15) is 10.8 Å². The Morgan fingerprint density at radius 2 is 2.17 bits per heavy atom. The molecular weight excluding hydrogens is 292 g/mol. The molecule has 0 atom stereocenters. The molecule has 6 nitrogen and oxygen atoms in total. The molecular formula is C9H13ClN6S2. The van der Waals surface area contributed by atoms with E-state index in [0.29, 0.717) is 16.8 Å². The Balaban J connectivity index is 2.06. The zero-order valence-corrected chi connectivity index (χ0v) is 12.2. The van der Waals surface area contributed by atoms with Crippen LogP contribution in [0.25, 0.3) is 0 Å². The van der Waals surface area contributed by atoms with Crippen LogP contribution < -0.4 is 5.73 Å². The molecule has 0 aliphatic rings. The van der Waals surface area contributed by atoms with Crippen LogP contribution in [0.1, 0.15) is 24.2 Å². The van der Waals surface area contributed by atoms with E-state index in [9.17, 15) is 0 Å². The minimum absolute atomic E-state index is 0.401. The van der Waals surface area contributed by atoms with Crippen molar-refractivity contribution in [2.24, 2.45) is 5.73 Å². The van der Waals surface area contributed by atoms with E-state index >= 15 is 0 Å². The normalized spacial score (nSPS) is 11.1. The standard InChI is InChI=1S/C9H13ClN6S2/c1-2-3-16-6(4-11)12-15-9(16)17-5-7-13-14-8(10)18-7/h2-5,11H2,1H3. The summed E-state index contributed by atoms with van der Waals surface area (Å²) in [5.41, 5.74) is 5.63. The third kappa shape index (κ3) is 3.19. The van der Waals surface area contributed by atoms with Crippen molar-refractivity contribution in [3.63, 3.8) is 0 Å². The van der Waals surface area contributed by atoms with E-state index in [1.807, 2.05) is 4.57 Å². The fraction of sp³-hybridized carbons (Fsp3) is 0.556. The van der Waals surface area contributed by atoms with Crippen molar-refractivity contribution in [1.82, 2.24) is 25.0 Å². The predicted octanol–water partition coefficient (Wildman–Crippen LogP) is 1.94. The molecule has 2 aromatic rings. The third-order valence-corrected chi connectivity index (χ3v) is 4.37. The number of nitrogens with zero attached hydrogens (tertiary/aromatic N) is 5. The Bertz CT molecular complexity index is 511. The van der Waals surface area contributed by atoms with E-state index in [-0.39, 0.29) is 0 Å². The van der Waals surface area contributed by atoms with Crippen LogP contribution in [0, 0.1) is 0 Å². The maximum Gasteiger partial charge on any atom is 0.207 e. The van der Waals surface area contributed by atoms with Gasteiger partial charge in [-0.25, -0.2) is 0 Å². The van der Waals surface area contributed by atoms with E-state index in [1.165, 1.54) is 11.3 Å². The van der Waals surface area contributed by atoms with Crippen molar-refractivity contribution >= 4 is 34.7 Å². The fourth-order valence-electron chi connectivity index (χ4n) is 1.44. The van der Waals surface area contributed by atoms with Crippen molar-refractivity contribution in [2.45, 2.75) is 37.3 Å². The first-order valence-electron chi connectivity index (χ1n) is 5.47. The summed E-state index contributed by atoms with van der Waals surface area (Å²) >= 11 is 8.69. The topological polar surface area (TPSA) is 82.5 Å². The smallest absolute Gasteiger partial charge is 0.207 e. The lowest BCUT2D eigenvalue weighted by Crippen LogP contribution is -2.09. The van der Waals surface area contributed by atoms with Gasteiger partial charge in [-0.1, -0.05) is 30.0 Å².